The number of anilines is 2. The molecule has 0 radical (unpaired) electrons. The van der Waals surface area contributed by atoms with Gasteiger partial charge in [-0.3, -0.25) is 4.72 Å². The topological polar surface area (TPSA) is 86.8 Å². The minimum Gasteiger partial charge on any atom is -0.377 e. The highest BCUT2D eigenvalue weighted by Gasteiger charge is 2.26. The Morgan fingerprint density at radius 2 is 1.39 bits per heavy atom. The van der Waals surface area contributed by atoms with E-state index in [9.17, 15) is 25.6 Å². The summed E-state index contributed by atoms with van der Waals surface area (Å²) in [4.78, 5) is 1.69. The fraction of sp³-hybridized carbons (Fsp3) is 0.280. The van der Waals surface area contributed by atoms with Crippen LogP contribution in [0, 0.1) is 11.6 Å². The molecule has 3 aromatic rings. The molecule has 194 valence electrons. The molecule has 3 aromatic carbocycles. The molecule has 0 heterocycles. The number of hydrogen-bond acceptors (Lipinski definition) is 5. The normalized spacial score (nSPS) is 12.1. The van der Waals surface area contributed by atoms with E-state index in [1.54, 1.807) is 44.1 Å². The van der Waals surface area contributed by atoms with Crippen LogP contribution in [-0.2, 0) is 33.1 Å². The number of nitrogens with one attached hydrogen (secondary N) is 1. The molecule has 1 N–H and O–H groups in total. The second-order valence-corrected chi connectivity index (χ2v) is 12.3. The van der Waals surface area contributed by atoms with Crippen molar-refractivity contribution >= 4 is 31.4 Å². The summed E-state index contributed by atoms with van der Waals surface area (Å²) >= 11 is 0. The van der Waals surface area contributed by atoms with Crippen LogP contribution in [0.2, 0.25) is 0 Å². The molecule has 0 aliphatic carbocycles. The summed E-state index contributed by atoms with van der Waals surface area (Å²) in [6.45, 7) is 1.56. The van der Waals surface area contributed by atoms with E-state index in [0.29, 0.717) is 28.9 Å². The summed E-state index contributed by atoms with van der Waals surface area (Å²) in [5.41, 5.74) is 2.09. The Morgan fingerprint density at radius 3 is 1.94 bits per heavy atom. The first-order valence-corrected chi connectivity index (χ1v) is 14.3. The van der Waals surface area contributed by atoms with Crippen molar-refractivity contribution in [2.75, 3.05) is 29.5 Å². The largest absolute Gasteiger partial charge is 0.377 e. The van der Waals surface area contributed by atoms with Gasteiger partial charge in [0.05, 0.1) is 10.6 Å². The quantitative estimate of drug-likeness (QED) is 0.387. The maximum absolute atomic E-state index is 13.6. The number of hydrogen-bond donors (Lipinski definition) is 1. The highest BCUT2D eigenvalue weighted by Crippen LogP contribution is 2.29. The van der Waals surface area contributed by atoms with E-state index >= 15 is 0 Å². The van der Waals surface area contributed by atoms with E-state index in [-0.39, 0.29) is 23.7 Å². The van der Waals surface area contributed by atoms with Crippen LogP contribution in [0.25, 0.3) is 0 Å². The standard InChI is InChI=1S/C25H29F2N3O4S2/c1-4-15-35(31,32)28-23-11-14-25(29(2)3)20(16-23)18-30(17-19-5-7-21(26)8-6-19)36(33,34)24-12-9-22(27)10-13-24/h5-14,16,28H,4,15,17-18H2,1-3H3. The van der Waals surface area contributed by atoms with Gasteiger partial charge in [-0.1, -0.05) is 19.1 Å². The first-order chi connectivity index (χ1) is 16.9. The minimum absolute atomic E-state index is 0.0482. The third kappa shape index (κ3) is 7.02. The van der Waals surface area contributed by atoms with Gasteiger partial charge in [0.15, 0.2) is 0 Å². The van der Waals surface area contributed by atoms with Gasteiger partial charge in [0.25, 0.3) is 0 Å². The molecule has 0 amide bonds. The van der Waals surface area contributed by atoms with E-state index in [4.69, 9.17) is 0 Å². The lowest BCUT2D eigenvalue weighted by atomic mass is 10.1. The van der Waals surface area contributed by atoms with Crippen molar-refractivity contribution in [3.63, 3.8) is 0 Å². The second-order valence-electron chi connectivity index (χ2n) is 8.51. The molecule has 0 fully saturated rings. The third-order valence-corrected chi connectivity index (χ3v) is 8.68. The zero-order chi connectivity index (χ0) is 26.5. The highest BCUT2D eigenvalue weighted by molar-refractivity contribution is 7.92. The molecule has 3 rings (SSSR count). The van der Waals surface area contributed by atoms with Crippen LogP contribution < -0.4 is 9.62 Å². The van der Waals surface area contributed by atoms with E-state index < -0.39 is 31.7 Å². The van der Waals surface area contributed by atoms with Gasteiger partial charge in [-0.25, -0.2) is 25.6 Å². The summed E-state index contributed by atoms with van der Waals surface area (Å²) in [6.07, 6.45) is 0.444. The molecule has 11 heteroatoms. The van der Waals surface area contributed by atoms with Crippen molar-refractivity contribution in [3.8, 4) is 0 Å². The molecule has 0 saturated carbocycles. The van der Waals surface area contributed by atoms with Gasteiger partial charge in [0.2, 0.25) is 20.0 Å². The minimum atomic E-state index is -4.11. The average molecular weight is 538 g/mol. The lowest BCUT2D eigenvalue weighted by Crippen LogP contribution is -2.31. The maximum atomic E-state index is 13.6. The van der Waals surface area contributed by atoms with Crippen molar-refractivity contribution in [1.82, 2.24) is 4.31 Å². The van der Waals surface area contributed by atoms with Crippen LogP contribution in [0.4, 0.5) is 20.2 Å². The molecule has 0 aliphatic rings. The van der Waals surface area contributed by atoms with E-state index in [1.807, 2.05) is 0 Å². The second kappa shape index (κ2) is 11.4. The number of benzene rings is 3. The maximum Gasteiger partial charge on any atom is 0.243 e. The SMILES string of the molecule is CCCS(=O)(=O)Nc1ccc(N(C)C)c(CN(Cc2ccc(F)cc2)S(=O)(=O)c2ccc(F)cc2)c1. The van der Waals surface area contributed by atoms with Gasteiger partial charge in [-0.2, -0.15) is 4.31 Å². The fourth-order valence-corrected chi connectivity index (χ4v) is 6.21. The van der Waals surface area contributed by atoms with E-state index in [1.165, 1.54) is 40.7 Å². The Balaban J connectivity index is 2.06. The van der Waals surface area contributed by atoms with Crippen LogP contribution in [0.3, 0.4) is 0 Å². The van der Waals surface area contributed by atoms with Crippen molar-refractivity contribution in [2.45, 2.75) is 31.3 Å². The van der Waals surface area contributed by atoms with Crippen LogP contribution in [0.5, 0.6) is 0 Å². The first-order valence-electron chi connectivity index (χ1n) is 11.2. The molecule has 0 saturated heterocycles. The Kier molecular flexibility index (Phi) is 8.70. The van der Waals surface area contributed by atoms with Crippen LogP contribution in [0.1, 0.15) is 24.5 Å². The summed E-state index contributed by atoms with van der Waals surface area (Å²) in [7, 11) is -4.08. The molecule has 36 heavy (non-hydrogen) atoms. The Hall–Kier alpha value is -3.02. The molecule has 0 unspecified atom stereocenters. The lowest BCUT2D eigenvalue weighted by molar-refractivity contribution is 0.401. The van der Waals surface area contributed by atoms with E-state index in [0.717, 1.165) is 12.1 Å². The third-order valence-electron chi connectivity index (χ3n) is 5.38. The predicted molar refractivity (Wildman–Crippen MR) is 138 cm³/mol. The summed E-state index contributed by atoms with van der Waals surface area (Å²) in [6, 6.07) is 14.9. The zero-order valence-corrected chi connectivity index (χ0v) is 21.9. The molecule has 0 aliphatic heterocycles. The van der Waals surface area contributed by atoms with Crippen molar-refractivity contribution in [3.05, 3.63) is 89.5 Å². The smallest absolute Gasteiger partial charge is 0.243 e. The molecule has 0 spiro atoms. The van der Waals surface area contributed by atoms with Crippen LogP contribution >= 0.6 is 0 Å². The van der Waals surface area contributed by atoms with Crippen molar-refractivity contribution < 1.29 is 25.6 Å². The van der Waals surface area contributed by atoms with Crippen LogP contribution in [-0.4, -0.2) is 41.0 Å². The Labute approximate surface area is 211 Å². The number of halogens is 2. The van der Waals surface area contributed by atoms with Crippen molar-refractivity contribution in [1.29, 1.82) is 0 Å². The number of rotatable bonds is 11. The van der Waals surface area contributed by atoms with Crippen molar-refractivity contribution in [2.24, 2.45) is 0 Å². The molecule has 0 bridgehead atoms. The van der Waals surface area contributed by atoms with Gasteiger partial charge in [0.1, 0.15) is 11.6 Å². The highest BCUT2D eigenvalue weighted by atomic mass is 32.2. The first kappa shape index (κ1) is 27.6. The van der Waals surface area contributed by atoms with E-state index in [2.05, 4.69) is 4.72 Å². The predicted octanol–water partition coefficient (Wildman–Crippen LogP) is 4.57. The molecule has 0 atom stereocenters. The monoisotopic (exact) mass is 537 g/mol. The molecular formula is C25H29F2N3O4S2. The summed E-state index contributed by atoms with van der Waals surface area (Å²) < 4.78 is 82.5. The molecule has 7 nitrogen and oxygen atoms in total. The van der Waals surface area contributed by atoms with Gasteiger partial charge in [-0.15, -0.1) is 0 Å². The Bertz CT molecular complexity index is 1390. The van der Waals surface area contributed by atoms with Gasteiger partial charge < -0.3 is 4.90 Å². The summed E-state index contributed by atoms with van der Waals surface area (Å²) in [5, 5.41) is 0. The fourth-order valence-electron chi connectivity index (χ4n) is 3.68. The van der Waals surface area contributed by atoms with Gasteiger partial charge in [0, 0.05) is 38.6 Å². The van der Waals surface area contributed by atoms with Gasteiger partial charge in [-0.05, 0) is 72.1 Å². The number of nitrogens with zero attached hydrogens (tertiary/aromatic N) is 2. The van der Waals surface area contributed by atoms with Gasteiger partial charge >= 0.3 is 0 Å². The Morgan fingerprint density at radius 1 is 0.806 bits per heavy atom. The zero-order valence-electron chi connectivity index (χ0n) is 20.3. The number of sulfonamides is 2. The lowest BCUT2D eigenvalue weighted by Gasteiger charge is -2.26. The summed E-state index contributed by atoms with van der Waals surface area (Å²) in [5.74, 6) is -1.07. The average Bonchev–Trinajstić information content (AvgIpc) is 2.80. The molecular weight excluding hydrogens is 508 g/mol. The van der Waals surface area contributed by atoms with Crippen LogP contribution in [0.15, 0.2) is 71.6 Å². The molecule has 0 aromatic heterocycles.